The van der Waals surface area contributed by atoms with Gasteiger partial charge in [0, 0.05) is 25.0 Å². The average molecular weight is 162 g/mol. The summed E-state index contributed by atoms with van der Waals surface area (Å²) in [5.41, 5.74) is 0. The molecule has 1 aliphatic rings. The average Bonchev–Trinajstić information content (AvgIpc) is 2.54. The van der Waals surface area contributed by atoms with Crippen molar-refractivity contribution in [3.05, 3.63) is 30.6 Å². The normalized spacial score (nSPS) is 29.1. The highest BCUT2D eigenvalue weighted by atomic mass is 15.0. The van der Waals surface area contributed by atoms with Crippen LogP contribution in [-0.2, 0) is 0 Å². The topological polar surface area (TPSA) is 3.88 Å². The second-order valence-electron chi connectivity index (χ2n) is 3.89. The van der Waals surface area contributed by atoms with E-state index in [2.05, 4.69) is 42.1 Å². The lowest BCUT2D eigenvalue weighted by Crippen LogP contribution is -2.36. The van der Waals surface area contributed by atoms with Crippen LogP contribution in [0.4, 0.5) is 0 Å². The van der Waals surface area contributed by atoms with Gasteiger partial charge in [0.1, 0.15) is 0 Å². The Morgan fingerprint density at radius 2 is 1.83 bits per heavy atom. The Balaban J connectivity index is 2.11. The van der Waals surface area contributed by atoms with E-state index >= 15 is 0 Å². The van der Waals surface area contributed by atoms with Crippen molar-refractivity contribution in [2.24, 2.45) is 5.92 Å². The monoisotopic (exact) mass is 162 g/mol. The fourth-order valence-electron chi connectivity index (χ4n) is 2.10. The van der Waals surface area contributed by atoms with Gasteiger partial charge in [-0.1, -0.05) is 13.0 Å². The summed E-state index contributed by atoms with van der Waals surface area (Å²) in [6.07, 6.45) is 8.47. The Hall–Kier alpha value is -0.850. The van der Waals surface area contributed by atoms with Crippen molar-refractivity contribution in [2.75, 3.05) is 0 Å². The number of hydrogen-bond acceptors (Lipinski definition) is 0. The summed E-state index contributed by atoms with van der Waals surface area (Å²) in [6, 6.07) is 7.07. The third-order valence-electron chi connectivity index (χ3n) is 2.83. The van der Waals surface area contributed by atoms with Gasteiger partial charge in [0.2, 0.25) is 0 Å². The van der Waals surface area contributed by atoms with Crippen LogP contribution in [-0.4, -0.2) is 0 Å². The molecule has 1 nitrogen and oxygen atoms in total. The number of aromatic nitrogens is 1. The van der Waals surface area contributed by atoms with Crippen LogP contribution >= 0.6 is 0 Å². The predicted octanol–water partition coefficient (Wildman–Crippen LogP) is 2.34. The number of nitrogens with zero attached hydrogens (tertiary/aromatic N) is 1. The molecule has 1 aliphatic carbocycles. The second-order valence-corrected chi connectivity index (χ2v) is 3.89. The summed E-state index contributed by atoms with van der Waals surface area (Å²) in [6.45, 7) is 2.35. The summed E-state index contributed by atoms with van der Waals surface area (Å²) in [5, 5.41) is 0. The maximum atomic E-state index is 2.35. The lowest BCUT2D eigenvalue weighted by atomic mass is 10.1. The largest absolute Gasteiger partial charge is 0.202 e. The molecule has 2 atom stereocenters. The summed E-state index contributed by atoms with van der Waals surface area (Å²) in [4.78, 5) is 0. The maximum Gasteiger partial charge on any atom is 0.169 e. The number of hydrogen-bond donors (Lipinski definition) is 0. The molecular weight excluding hydrogens is 146 g/mol. The first-order chi connectivity index (χ1) is 5.86. The molecule has 0 spiro atoms. The molecule has 1 heterocycles. The summed E-state index contributed by atoms with van der Waals surface area (Å²) in [5.74, 6) is 0.919. The Kier molecular flexibility index (Phi) is 2.11. The predicted molar refractivity (Wildman–Crippen MR) is 48.7 cm³/mol. The third kappa shape index (κ3) is 1.50. The molecule has 1 aromatic rings. The van der Waals surface area contributed by atoms with Gasteiger partial charge >= 0.3 is 0 Å². The zero-order chi connectivity index (χ0) is 8.39. The van der Waals surface area contributed by atoms with Gasteiger partial charge in [-0.2, -0.15) is 0 Å². The Morgan fingerprint density at radius 3 is 2.42 bits per heavy atom. The highest BCUT2D eigenvalue weighted by molar-refractivity contribution is 4.84. The van der Waals surface area contributed by atoms with Gasteiger partial charge < -0.3 is 0 Å². The lowest BCUT2D eigenvalue weighted by molar-refractivity contribution is -0.722. The molecular formula is C11H16N+. The minimum absolute atomic E-state index is 0.765. The van der Waals surface area contributed by atoms with Crippen LogP contribution in [0.5, 0.6) is 0 Å². The molecule has 64 valence electrons. The molecule has 1 heteroatoms. The van der Waals surface area contributed by atoms with Gasteiger partial charge in [-0.3, -0.25) is 0 Å². The van der Waals surface area contributed by atoms with Crippen LogP contribution in [0.15, 0.2) is 30.6 Å². The first-order valence-corrected chi connectivity index (χ1v) is 4.82. The minimum atomic E-state index is 0.765. The molecule has 2 unspecified atom stereocenters. The zero-order valence-corrected chi connectivity index (χ0v) is 7.61. The van der Waals surface area contributed by atoms with Crippen molar-refractivity contribution in [2.45, 2.75) is 32.2 Å². The minimum Gasteiger partial charge on any atom is -0.202 e. The van der Waals surface area contributed by atoms with E-state index in [1.807, 2.05) is 0 Å². The first kappa shape index (κ1) is 7.78. The molecule has 0 radical (unpaired) electrons. The standard InChI is InChI=1S/C11H16N/c1-10-5-6-11(9-10)12-7-3-2-4-8-12/h2-4,7-8,10-11H,5-6,9H2,1H3/q+1. The van der Waals surface area contributed by atoms with Crippen LogP contribution in [0.25, 0.3) is 0 Å². The van der Waals surface area contributed by atoms with Crippen molar-refractivity contribution in [3.8, 4) is 0 Å². The van der Waals surface area contributed by atoms with E-state index in [0.717, 1.165) is 12.0 Å². The molecule has 0 bridgehead atoms. The van der Waals surface area contributed by atoms with Crippen molar-refractivity contribution in [3.63, 3.8) is 0 Å². The van der Waals surface area contributed by atoms with Gasteiger partial charge in [-0.05, 0) is 12.3 Å². The highest BCUT2D eigenvalue weighted by Crippen LogP contribution is 2.29. The molecule has 0 aromatic carbocycles. The van der Waals surface area contributed by atoms with Crippen LogP contribution in [0.1, 0.15) is 32.2 Å². The van der Waals surface area contributed by atoms with E-state index in [1.165, 1.54) is 19.3 Å². The first-order valence-electron chi connectivity index (χ1n) is 4.82. The molecule has 2 rings (SSSR count). The molecule has 1 aromatic heterocycles. The van der Waals surface area contributed by atoms with Gasteiger partial charge in [-0.15, -0.1) is 0 Å². The maximum absolute atomic E-state index is 2.35. The van der Waals surface area contributed by atoms with Gasteiger partial charge in [0.05, 0.1) is 0 Å². The van der Waals surface area contributed by atoms with Crippen molar-refractivity contribution >= 4 is 0 Å². The summed E-state index contributed by atoms with van der Waals surface area (Å²) in [7, 11) is 0. The van der Waals surface area contributed by atoms with Gasteiger partial charge in [0.15, 0.2) is 18.4 Å². The van der Waals surface area contributed by atoms with Gasteiger partial charge in [0.25, 0.3) is 0 Å². The second kappa shape index (κ2) is 3.26. The Labute approximate surface area is 74.0 Å². The molecule has 0 amide bonds. The third-order valence-corrected chi connectivity index (χ3v) is 2.83. The smallest absolute Gasteiger partial charge is 0.169 e. The molecule has 1 saturated carbocycles. The summed E-state index contributed by atoms with van der Waals surface area (Å²) < 4.78 is 2.35. The van der Waals surface area contributed by atoms with E-state index < -0.39 is 0 Å². The lowest BCUT2D eigenvalue weighted by Gasteiger charge is -2.03. The number of pyridine rings is 1. The Bertz CT molecular complexity index is 242. The van der Waals surface area contributed by atoms with Crippen molar-refractivity contribution in [1.29, 1.82) is 0 Å². The fourth-order valence-corrected chi connectivity index (χ4v) is 2.10. The number of rotatable bonds is 1. The molecule has 12 heavy (non-hydrogen) atoms. The molecule has 1 fully saturated rings. The van der Waals surface area contributed by atoms with E-state index in [9.17, 15) is 0 Å². The van der Waals surface area contributed by atoms with Crippen LogP contribution < -0.4 is 4.57 Å². The molecule has 0 N–H and O–H groups in total. The van der Waals surface area contributed by atoms with E-state index in [0.29, 0.717) is 0 Å². The van der Waals surface area contributed by atoms with Crippen LogP contribution in [0, 0.1) is 5.92 Å². The highest BCUT2D eigenvalue weighted by Gasteiger charge is 2.27. The van der Waals surface area contributed by atoms with Crippen LogP contribution in [0.3, 0.4) is 0 Å². The van der Waals surface area contributed by atoms with Crippen molar-refractivity contribution < 1.29 is 4.57 Å². The quantitative estimate of drug-likeness (QED) is 0.558. The van der Waals surface area contributed by atoms with Crippen molar-refractivity contribution in [1.82, 2.24) is 0 Å². The van der Waals surface area contributed by atoms with E-state index in [-0.39, 0.29) is 0 Å². The van der Waals surface area contributed by atoms with E-state index in [1.54, 1.807) is 0 Å². The molecule has 0 saturated heterocycles. The fraction of sp³-hybridized carbons (Fsp3) is 0.545. The van der Waals surface area contributed by atoms with E-state index in [4.69, 9.17) is 0 Å². The van der Waals surface area contributed by atoms with Crippen LogP contribution in [0.2, 0.25) is 0 Å². The summed E-state index contributed by atoms with van der Waals surface area (Å²) >= 11 is 0. The molecule has 0 aliphatic heterocycles. The SMILES string of the molecule is CC1CCC([n+]2ccccc2)C1. The Morgan fingerprint density at radius 1 is 1.08 bits per heavy atom. The van der Waals surface area contributed by atoms with Gasteiger partial charge in [-0.25, -0.2) is 4.57 Å². The zero-order valence-electron chi connectivity index (χ0n) is 7.61.